The Morgan fingerprint density at radius 2 is 2.08 bits per heavy atom. The van der Waals surface area contributed by atoms with Crippen LogP contribution in [0.2, 0.25) is 0 Å². The van der Waals surface area contributed by atoms with Crippen LogP contribution in [0, 0.1) is 13.8 Å². The molecule has 0 spiro atoms. The van der Waals surface area contributed by atoms with Crippen LogP contribution < -0.4 is 11.1 Å². The first-order chi connectivity index (χ1) is 11.9. The van der Waals surface area contributed by atoms with E-state index in [0.29, 0.717) is 21.8 Å². The minimum absolute atomic E-state index is 0.276. The first-order valence-corrected chi connectivity index (χ1v) is 8.51. The van der Waals surface area contributed by atoms with Gasteiger partial charge in [0, 0.05) is 25.2 Å². The number of nitrogens with one attached hydrogen (secondary N) is 1. The molecule has 2 aromatic rings. The molecule has 0 bridgehead atoms. The van der Waals surface area contributed by atoms with Crippen molar-refractivity contribution in [3.05, 3.63) is 40.1 Å². The molecule has 25 heavy (non-hydrogen) atoms. The van der Waals surface area contributed by atoms with Crippen LogP contribution >= 0.6 is 11.3 Å². The molecule has 2 heterocycles. The minimum Gasteiger partial charge on any atom is -0.397 e. The van der Waals surface area contributed by atoms with E-state index in [1.54, 1.807) is 13.2 Å². The first kappa shape index (κ1) is 18.6. The Morgan fingerprint density at radius 3 is 2.72 bits per heavy atom. The van der Waals surface area contributed by atoms with Gasteiger partial charge in [-0.25, -0.2) is 0 Å². The standard InChI is InChI=1S/C17H21N5O2S/c1-5-6-12(8-22(4)9-23)7-19-16(24)15-14(18)13-10(2)11(3)20-21-17(13)25-15/h5-6,8-9H,7,18H2,1-4H3,(H,19,24)/b6-5-,12-8+. The number of hydrogen-bond acceptors (Lipinski definition) is 6. The molecule has 0 aromatic carbocycles. The molecule has 132 valence electrons. The molecular weight excluding hydrogens is 338 g/mol. The van der Waals surface area contributed by atoms with Crippen LogP contribution in [0.25, 0.3) is 10.2 Å². The number of anilines is 1. The van der Waals surface area contributed by atoms with Gasteiger partial charge in [0.1, 0.15) is 9.71 Å². The average Bonchev–Trinajstić information content (AvgIpc) is 2.93. The molecule has 0 radical (unpaired) electrons. The van der Waals surface area contributed by atoms with Crippen molar-refractivity contribution in [3.63, 3.8) is 0 Å². The Kier molecular flexibility index (Phi) is 5.87. The van der Waals surface area contributed by atoms with Crippen LogP contribution in [0.4, 0.5) is 5.69 Å². The lowest BCUT2D eigenvalue weighted by Crippen LogP contribution is -2.26. The highest BCUT2D eigenvalue weighted by Crippen LogP contribution is 2.34. The van der Waals surface area contributed by atoms with Crippen LogP contribution in [0.5, 0.6) is 0 Å². The topological polar surface area (TPSA) is 101 Å². The predicted molar refractivity (Wildman–Crippen MR) is 100 cm³/mol. The third kappa shape index (κ3) is 4.03. The quantitative estimate of drug-likeness (QED) is 0.608. The maximum atomic E-state index is 12.5. The Balaban J connectivity index is 2.25. The van der Waals surface area contributed by atoms with Crippen LogP contribution in [0.3, 0.4) is 0 Å². The predicted octanol–water partition coefficient (Wildman–Crippen LogP) is 2.17. The summed E-state index contributed by atoms with van der Waals surface area (Å²) in [6, 6.07) is 0. The van der Waals surface area contributed by atoms with Crippen molar-refractivity contribution in [2.45, 2.75) is 20.8 Å². The van der Waals surface area contributed by atoms with Crippen LogP contribution in [0.1, 0.15) is 27.9 Å². The molecule has 0 saturated carbocycles. The maximum Gasteiger partial charge on any atom is 0.263 e. The summed E-state index contributed by atoms with van der Waals surface area (Å²) in [7, 11) is 1.63. The Labute approximate surface area is 150 Å². The Hall–Kier alpha value is -2.74. The highest BCUT2D eigenvalue weighted by atomic mass is 32.1. The number of carbonyl (C=O) groups is 2. The number of nitrogens with two attached hydrogens (primary N) is 1. The van der Waals surface area contributed by atoms with Gasteiger partial charge in [-0.1, -0.05) is 12.2 Å². The summed E-state index contributed by atoms with van der Waals surface area (Å²) in [6.45, 7) is 5.92. The van der Waals surface area contributed by atoms with Crippen LogP contribution in [-0.2, 0) is 4.79 Å². The number of hydrogen-bond donors (Lipinski definition) is 2. The van der Waals surface area contributed by atoms with E-state index in [1.165, 1.54) is 16.2 Å². The number of fused-ring (bicyclic) bond motifs is 1. The van der Waals surface area contributed by atoms with Gasteiger partial charge < -0.3 is 16.0 Å². The smallest absolute Gasteiger partial charge is 0.263 e. The second-order valence-electron chi connectivity index (χ2n) is 5.59. The third-order valence-corrected chi connectivity index (χ3v) is 4.80. The number of amides is 2. The minimum atomic E-state index is -0.276. The number of nitrogens with zero attached hydrogens (tertiary/aromatic N) is 3. The summed E-state index contributed by atoms with van der Waals surface area (Å²) in [5, 5.41) is 11.8. The summed E-state index contributed by atoms with van der Waals surface area (Å²) in [5.41, 5.74) is 9.11. The van der Waals surface area contributed by atoms with Gasteiger partial charge in [-0.3, -0.25) is 9.59 Å². The van der Waals surface area contributed by atoms with Gasteiger partial charge in [0.2, 0.25) is 6.41 Å². The zero-order chi connectivity index (χ0) is 18.6. The Bertz CT molecular complexity index is 870. The lowest BCUT2D eigenvalue weighted by atomic mass is 10.1. The summed E-state index contributed by atoms with van der Waals surface area (Å²) < 4.78 is 0. The molecule has 0 aliphatic rings. The lowest BCUT2D eigenvalue weighted by molar-refractivity contribution is -0.115. The van der Waals surface area contributed by atoms with E-state index >= 15 is 0 Å². The summed E-state index contributed by atoms with van der Waals surface area (Å²) in [6.07, 6.45) is 6.01. The lowest BCUT2D eigenvalue weighted by Gasteiger charge is -2.09. The molecule has 3 N–H and O–H groups in total. The molecule has 2 amide bonds. The number of aromatic nitrogens is 2. The molecule has 0 unspecified atom stereocenters. The molecule has 2 aromatic heterocycles. The van der Waals surface area contributed by atoms with Crippen molar-refractivity contribution >= 4 is 39.6 Å². The highest BCUT2D eigenvalue weighted by molar-refractivity contribution is 7.21. The number of nitrogen functional groups attached to an aromatic ring is 1. The number of carbonyl (C=O) groups excluding carboxylic acids is 2. The number of allylic oxidation sites excluding steroid dienone is 1. The summed E-state index contributed by atoms with van der Waals surface area (Å²) in [5.74, 6) is -0.276. The van der Waals surface area contributed by atoms with Crippen molar-refractivity contribution in [1.29, 1.82) is 0 Å². The van der Waals surface area contributed by atoms with Gasteiger partial charge in [-0.15, -0.1) is 16.4 Å². The fourth-order valence-corrected chi connectivity index (χ4v) is 3.34. The van der Waals surface area contributed by atoms with Crippen molar-refractivity contribution in [3.8, 4) is 0 Å². The van der Waals surface area contributed by atoms with E-state index in [9.17, 15) is 9.59 Å². The molecule has 0 saturated heterocycles. The average molecular weight is 359 g/mol. The maximum absolute atomic E-state index is 12.5. The van der Waals surface area contributed by atoms with Crippen LogP contribution in [0.15, 0.2) is 23.9 Å². The summed E-state index contributed by atoms with van der Waals surface area (Å²) >= 11 is 1.22. The van der Waals surface area contributed by atoms with E-state index in [2.05, 4.69) is 15.5 Å². The molecule has 0 aliphatic heterocycles. The second-order valence-corrected chi connectivity index (χ2v) is 6.59. The SMILES string of the molecule is C/C=C\C(=C/N(C)C=O)CNC(=O)c1sc2nnc(C)c(C)c2c1N. The molecule has 0 atom stereocenters. The normalized spacial score (nSPS) is 11.9. The fraction of sp³-hybridized carbons (Fsp3) is 0.294. The molecular formula is C17H21N5O2S. The zero-order valence-corrected chi connectivity index (χ0v) is 15.5. The molecule has 0 aliphatic carbocycles. The van der Waals surface area contributed by atoms with E-state index in [1.807, 2.05) is 32.9 Å². The number of rotatable bonds is 6. The van der Waals surface area contributed by atoms with Gasteiger partial charge in [-0.2, -0.15) is 5.10 Å². The summed E-state index contributed by atoms with van der Waals surface area (Å²) in [4.78, 5) is 25.7. The molecule has 8 heteroatoms. The van der Waals surface area contributed by atoms with Crippen molar-refractivity contribution in [2.24, 2.45) is 0 Å². The second kappa shape index (κ2) is 7.89. The van der Waals surface area contributed by atoms with Gasteiger partial charge in [0.25, 0.3) is 5.91 Å². The monoisotopic (exact) mass is 359 g/mol. The van der Waals surface area contributed by atoms with Crippen molar-refractivity contribution < 1.29 is 9.59 Å². The van der Waals surface area contributed by atoms with E-state index in [-0.39, 0.29) is 12.5 Å². The highest BCUT2D eigenvalue weighted by Gasteiger charge is 2.19. The van der Waals surface area contributed by atoms with Gasteiger partial charge >= 0.3 is 0 Å². The van der Waals surface area contributed by atoms with Crippen LogP contribution in [-0.4, -0.2) is 41.0 Å². The molecule has 2 rings (SSSR count). The van der Waals surface area contributed by atoms with E-state index in [0.717, 1.165) is 22.2 Å². The van der Waals surface area contributed by atoms with E-state index < -0.39 is 0 Å². The number of thiophene rings is 1. The van der Waals surface area contributed by atoms with Gasteiger partial charge in [0.15, 0.2) is 0 Å². The van der Waals surface area contributed by atoms with Crippen molar-refractivity contribution in [2.75, 3.05) is 19.3 Å². The van der Waals surface area contributed by atoms with E-state index in [4.69, 9.17) is 5.73 Å². The number of aryl methyl sites for hydroxylation is 2. The Morgan fingerprint density at radius 1 is 1.36 bits per heavy atom. The molecule has 0 fully saturated rings. The first-order valence-electron chi connectivity index (χ1n) is 7.69. The molecule has 7 nitrogen and oxygen atoms in total. The third-order valence-electron chi connectivity index (χ3n) is 3.71. The zero-order valence-electron chi connectivity index (χ0n) is 14.7. The largest absolute Gasteiger partial charge is 0.397 e. The van der Waals surface area contributed by atoms with Gasteiger partial charge in [-0.05, 0) is 31.9 Å². The fourth-order valence-electron chi connectivity index (χ4n) is 2.33. The van der Waals surface area contributed by atoms with Crippen molar-refractivity contribution in [1.82, 2.24) is 20.4 Å². The van der Waals surface area contributed by atoms with Gasteiger partial charge in [0.05, 0.1) is 11.4 Å².